The van der Waals surface area contributed by atoms with Crippen LogP contribution in [0.2, 0.25) is 0 Å². The minimum absolute atomic E-state index is 0.595. The van der Waals surface area contributed by atoms with Crippen LogP contribution in [0.5, 0.6) is 0 Å². The largest absolute Gasteiger partial charge is 0.361 e. The monoisotopic (exact) mass is 343 g/mol. The SMILES string of the molecule is CCn1nc(C)cc1-c1nn2c(Cc3c(C)noc3C)nnc2s1. The van der Waals surface area contributed by atoms with Crippen LogP contribution in [0.25, 0.3) is 15.7 Å². The summed E-state index contributed by atoms with van der Waals surface area (Å²) in [5, 5.41) is 22.6. The summed E-state index contributed by atoms with van der Waals surface area (Å²) < 4.78 is 8.98. The third-order valence-corrected chi connectivity index (χ3v) is 4.91. The van der Waals surface area contributed by atoms with Crippen molar-refractivity contribution in [1.29, 1.82) is 0 Å². The first-order valence-electron chi connectivity index (χ1n) is 7.74. The van der Waals surface area contributed by atoms with Crippen molar-refractivity contribution in [2.45, 2.75) is 40.7 Å². The molecule has 4 heterocycles. The highest BCUT2D eigenvalue weighted by Gasteiger charge is 2.19. The van der Waals surface area contributed by atoms with E-state index in [1.54, 1.807) is 4.52 Å². The summed E-state index contributed by atoms with van der Waals surface area (Å²) in [7, 11) is 0. The van der Waals surface area contributed by atoms with E-state index in [0.717, 1.165) is 50.7 Å². The van der Waals surface area contributed by atoms with E-state index in [4.69, 9.17) is 9.62 Å². The molecule has 0 saturated carbocycles. The number of hydrogen-bond donors (Lipinski definition) is 0. The van der Waals surface area contributed by atoms with Crippen LogP contribution in [0.15, 0.2) is 10.6 Å². The molecule has 124 valence electrons. The fourth-order valence-corrected chi connectivity index (χ4v) is 3.62. The third-order valence-electron chi connectivity index (χ3n) is 3.99. The van der Waals surface area contributed by atoms with Crippen LogP contribution in [0.4, 0.5) is 0 Å². The average molecular weight is 343 g/mol. The molecule has 9 heteroatoms. The summed E-state index contributed by atoms with van der Waals surface area (Å²) in [5.74, 6) is 1.58. The Morgan fingerprint density at radius 1 is 1.17 bits per heavy atom. The summed E-state index contributed by atoms with van der Waals surface area (Å²) in [6.07, 6.45) is 0.595. The summed E-state index contributed by atoms with van der Waals surface area (Å²) in [6, 6.07) is 2.04. The molecule has 0 amide bonds. The molecule has 8 nitrogen and oxygen atoms in total. The molecule has 0 atom stereocenters. The first kappa shape index (κ1) is 15.0. The van der Waals surface area contributed by atoms with Gasteiger partial charge >= 0.3 is 0 Å². The molecule has 0 bridgehead atoms. The molecular weight excluding hydrogens is 326 g/mol. The Bertz CT molecular complexity index is 1000. The van der Waals surface area contributed by atoms with Crippen molar-refractivity contribution >= 4 is 16.3 Å². The van der Waals surface area contributed by atoms with E-state index < -0.39 is 0 Å². The van der Waals surface area contributed by atoms with Gasteiger partial charge in [0.05, 0.1) is 17.1 Å². The number of nitrogens with zero attached hydrogens (tertiary/aromatic N) is 7. The summed E-state index contributed by atoms with van der Waals surface area (Å²) in [5.41, 5.74) is 3.90. The number of aromatic nitrogens is 7. The van der Waals surface area contributed by atoms with Crippen LogP contribution in [-0.2, 0) is 13.0 Å². The van der Waals surface area contributed by atoms with Crippen molar-refractivity contribution in [1.82, 2.24) is 34.7 Å². The lowest BCUT2D eigenvalue weighted by molar-refractivity contribution is 0.392. The lowest BCUT2D eigenvalue weighted by Gasteiger charge is -2.00. The zero-order chi connectivity index (χ0) is 16.8. The number of fused-ring (bicyclic) bond motifs is 1. The molecular formula is C15H17N7OS. The summed E-state index contributed by atoms with van der Waals surface area (Å²) in [4.78, 5) is 0.772. The van der Waals surface area contributed by atoms with Gasteiger partial charge < -0.3 is 4.52 Å². The van der Waals surface area contributed by atoms with Gasteiger partial charge in [-0.25, -0.2) is 0 Å². The molecule has 0 N–H and O–H groups in total. The van der Waals surface area contributed by atoms with E-state index in [9.17, 15) is 0 Å². The lowest BCUT2D eigenvalue weighted by Crippen LogP contribution is -2.01. The van der Waals surface area contributed by atoms with Gasteiger partial charge in [-0.2, -0.15) is 14.7 Å². The minimum atomic E-state index is 0.595. The standard InChI is InChI=1S/C15H17N7OS/c1-5-21-12(6-8(2)18-21)14-19-22-13(16-17-15(22)24-14)7-11-9(3)20-23-10(11)4/h6H,5,7H2,1-4H3. The van der Waals surface area contributed by atoms with E-state index in [2.05, 4.69) is 27.4 Å². The van der Waals surface area contributed by atoms with Crippen LogP contribution in [-0.4, -0.2) is 34.7 Å². The van der Waals surface area contributed by atoms with Gasteiger partial charge in [-0.05, 0) is 33.8 Å². The number of aryl methyl sites for hydroxylation is 4. The second-order valence-electron chi connectivity index (χ2n) is 5.68. The quantitative estimate of drug-likeness (QED) is 0.566. The third kappa shape index (κ3) is 2.32. The Balaban J connectivity index is 1.76. The smallest absolute Gasteiger partial charge is 0.235 e. The molecule has 4 aromatic heterocycles. The first-order chi connectivity index (χ1) is 11.6. The molecule has 0 aromatic carbocycles. The number of hydrogen-bond acceptors (Lipinski definition) is 7. The van der Waals surface area contributed by atoms with E-state index in [-0.39, 0.29) is 0 Å². The summed E-state index contributed by atoms with van der Waals surface area (Å²) >= 11 is 1.51. The molecule has 0 spiro atoms. The topological polar surface area (TPSA) is 86.9 Å². The molecule has 4 rings (SSSR count). The van der Waals surface area contributed by atoms with E-state index in [1.807, 2.05) is 31.5 Å². The van der Waals surface area contributed by atoms with Gasteiger partial charge in [-0.1, -0.05) is 16.5 Å². The van der Waals surface area contributed by atoms with E-state index >= 15 is 0 Å². The average Bonchev–Trinajstić information content (AvgIpc) is 3.28. The van der Waals surface area contributed by atoms with Gasteiger partial charge in [0.1, 0.15) is 5.76 Å². The van der Waals surface area contributed by atoms with Crippen LogP contribution in [0.1, 0.15) is 35.5 Å². The van der Waals surface area contributed by atoms with Crippen molar-refractivity contribution in [3.05, 3.63) is 34.6 Å². The van der Waals surface area contributed by atoms with Crippen LogP contribution in [0, 0.1) is 20.8 Å². The molecule has 0 aliphatic carbocycles. The maximum Gasteiger partial charge on any atom is 0.235 e. The van der Waals surface area contributed by atoms with Crippen molar-refractivity contribution in [3.63, 3.8) is 0 Å². The highest BCUT2D eigenvalue weighted by molar-refractivity contribution is 7.19. The zero-order valence-corrected chi connectivity index (χ0v) is 14.8. The van der Waals surface area contributed by atoms with Crippen molar-refractivity contribution in [2.75, 3.05) is 0 Å². The van der Waals surface area contributed by atoms with Gasteiger partial charge in [-0.3, -0.25) is 4.68 Å². The fraction of sp³-hybridized carbons (Fsp3) is 0.400. The Morgan fingerprint density at radius 3 is 2.71 bits per heavy atom. The van der Waals surface area contributed by atoms with Crippen molar-refractivity contribution in [3.8, 4) is 10.7 Å². The summed E-state index contributed by atoms with van der Waals surface area (Å²) in [6.45, 7) is 8.69. The Hall–Kier alpha value is -2.55. The van der Waals surface area contributed by atoms with Gasteiger partial charge in [0, 0.05) is 18.5 Å². The second kappa shape index (κ2) is 5.52. The number of rotatable bonds is 4. The highest BCUT2D eigenvalue weighted by Crippen LogP contribution is 2.27. The van der Waals surface area contributed by atoms with Gasteiger partial charge in [0.15, 0.2) is 10.8 Å². The molecule has 0 radical (unpaired) electrons. The minimum Gasteiger partial charge on any atom is -0.361 e. The lowest BCUT2D eigenvalue weighted by atomic mass is 10.1. The molecule has 24 heavy (non-hydrogen) atoms. The van der Waals surface area contributed by atoms with E-state index in [0.29, 0.717) is 6.42 Å². The van der Waals surface area contributed by atoms with E-state index in [1.165, 1.54) is 11.3 Å². The van der Waals surface area contributed by atoms with Crippen LogP contribution in [0.3, 0.4) is 0 Å². The van der Waals surface area contributed by atoms with Crippen molar-refractivity contribution < 1.29 is 4.52 Å². The van der Waals surface area contributed by atoms with Gasteiger partial charge in [-0.15, -0.1) is 10.2 Å². The molecule has 0 saturated heterocycles. The molecule has 0 aliphatic heterocycles. The highest BCUT2D eigenvalue weighted by atomic mass is 32.1. The first-order valence-corrected chi connectivity index (χ1v) is 8.56. The predicted molar refractivity (Wildman–Crippen MR) is 89.1 cm³/mol. The molecule has 0 fully saturated rings. The predicted octanol–water partition coefficient (Wildman–Crippen LogP) is 2.57. The van der Waals surface area contributed by atoms with Gasteiger partial charge in [0.2, 0.25) is 4.96 Å². The van der Waals surface area contributed by atoms with Crippen LogP contribution >= 0.6 is 11.3 Å². The maximum atomic E-state index is 5.23. The Kier molecular flexibility index (Phi) is 3.45. The Labute approximate surface area is 142 Å². The second-order valence-corrected chi connectivity index (χ2v) is 6.64. The molecule has 4 aromatic rings. The maximum absolute atomic E-state index is 5.23. The zero-order valence-electron chi connectivity index (χ0n) is 13.9. The normalized spacial score (nSPS) is 11.7. The Morgan fingerprint density at radius 2 is 2.00 bits per heavy atom. The fourth-order valence-electron chi connectivity index (χ4n) is 2.74. The van der Waals surface area contributed by atoms with Crippen molar-refractivity contribution in [2.24, 2.45) is 0 Å². The molecule has 0 aliphatic rings. The van der Waals surface area contributed by atoms with Crippen LogP contribution < -0.4 is 0 Å². The molecule has 0 unspecified atom stereocenters. The van der Waals surface area contributed by atoms with Gasteiger partial charge in [0.25, 0.3) is 0 Å².